The fourth-order valence-corrected chi connectivity index (χ4v) is 2.38. The smallest absolute Gasteiger partial charge is 0.246 e. The average molecular weight is 276 g/mol. The summed E-state index contributed by atoms with van der Waals surface area (Å²) in [6, 6.07) is 8.23. The highest BCUT2D eigenvalue weighted by Crippen LogP contribution is 2.13. The number of nitrogens with one attached hydrogen (secondary N) is 2. The maximum absolute atomic E-state index is 11.9. The Morgan fingerprint density at radius 3 is 2.65 bits per heavy atom. The lowest BCUT2D eigenvalue weighted by molar-refractivity contribution is -0.128. The zero-order valence-electron chi connectivity index (χ0n) is 12.3. The maximum atomic E-state index is 11.9. The highest BCUT2D eigenvalue weighted by molar-refractivity contribution is 5.77. The monoisotopic (exact) mass is 276 g/mol. The van der Waals surface area contributed by atoms with Crippen molar-refractivity contribution in [2.24, 2.45) is 0 Å². The van der Waals surface area contributed by atoms with E-state index in [4.69, 9.17) is 4.74 Å². The van der Waals surface area contributed by atoms with Crippen LogP contribution in [0.3, 0.4) is 0 Å². The number of piperidine rings is 1. The third-order valence-electron chi connectivity index (χ3n) is 3.69. The first-order valence-electron chi connectivity index (χ1n) is 7.33. The number of carbonyl (C=O) groups is 1. The van der Waals surface area contributed by atoms with Gasteiger partial charge in [0.05, 0.1) is 12.1 Å². The summed E-state index contributed by atoms with van der Waals surface area (Å²) in [5.74, 6) is -0.0448. The molecule has 0 saturated carbocycles. The van der Waals surface area contributed by atoms with Gasteiger partial charge in [0.15, 0.2) is 0 Å². The number of rotatable bonds is 5. The number of benzene rings is 1. The molecule has 1 aromatic rings. The minimum atomic E-state index is -0.0448. The largest absolute Gasteiger partial charge is 0.368 e. The van der Waals surface area contributed by atoms with Gasteiger partial charge in [-0.05, 0) is 45.3 Å². The van der Waals surface area contributed by atoms with Crippen LogP contribution in [0.4, 0.5) is 0 Å². The van der Waals surface area contributed by atoms with Crippen LogP contribution >= 0.6 is 0 Å². The highest BCUT2D eigenvalue weighted by Gasteiger charge is 2.16. The van der Waals surface area contributed by atoms with E-state index < -0.39 is 0 Å². The van der Waals surface area contributed by atoms with E-state index in [0.717, 1.165) is 31.5 Å². The van der Waals surface area contributed by atoms with Crippen LogP contribution in [0.5, 0.6) is 0 Å². The Morgan fingerprint density at radius 2 is 2.00 bits per heavy atom. The molecule has 1 atom stereocenters. The van der Waals surface area contributed by atoms with Gasteiger partial charge in [-0.3, -0.25) is 4.79 Å². The summed E-state index contributed by atoms with van der Waals surface area (Å²) >= 11 is 0. The summed E-state index contributed by atoms with van der Waals surface area (Å²) < 4.78 is 5.65. The van der Waals surface area contributed by atoms with Crippen LogP contribution < -0.4 is 10.6 Å². The molecule has 2 N–H and O–H groups in total. The molecule has 0 spiro atoms. The summed E-state index contributed by atoms with van der Waals surface area (Å²) in [6.45, 7) is 6.16. The first kappa shape index (κ1) is 15.0. The lowest BCUT2D eigenvalue weighted by Crippen LogP contribution is -2.36. The lowest BCUT2D eigenvalue weighted by atomic mass is 10.1. The van der Waals surface area contributed by atoms with Crippen LogP contribution in [-0.2, 0) is 9.53 Å². The van der Waals surface area contributed by atoms with Crippen molar-refractivity contribution in [2.45, 2.75) is 38.8 Å². The fraction of sp³-hybridized carbons (Fsp3) is 0.562. The van der Waals surface area contributed by atoms with Crippen molar-refractivity contribution in [1.82, 2.24) is 10.6 Å². The van der Waals surface area contributed by atoms with E-state index in [9.17, 15) is 4.79 Å². The molecule has 4 nitrogen and oxygen atoms in total. The summed E-state index contributed by atoms with van der Waals surface area (Å²) in [6.07, 6.45) is 2.19. The van der Waals surface area contributed by atoms with Crippen LogP contribution in [-0.4, -0.2) is 31.7 Å². The minimum absolute atomic E-state index is 0.0136. The predicted octanol–water partition coefficient (Wildman–Crippen LogP) is 1.94. The summed E-state index contributed by atoms with van der Waals surface area (Å²) in [5, 5.41) is 6.26. The minimum Gasteiger partial charge on any atom is -0.368 e. The normalized spacial score (nSPS) is 17.7. The molecule has 0 radical (unpaired) electrons. The standard InChI is InChI=1S/C16H24N2O2/c1-12-3-5-14(6-4-12)13(2)18-16(19)11-20-15-7-9-17-10-8-15/h3-6,13,15,17H,7-11H2,1-2H3,(H,18,19). The third-order valence-corrected chi connectivity index (χ3v) is 3.69. The first-order chi connectivity index (χ1) is 9.65. The fourth-order valence-electron chi connectivity index (χ4n) is 2.38. The van der Waals surface area contributed by atoms with Gasteiger partial charge in [-0.2, -0.15) is 0 Å². The molecule has 1 aromatic carbocycles. The third kappa shape index (κ3) is 4.62. The van der Waals surface area contributed by atoms with E-state index in [1.165, 1.54) is 5.56 Å². The van der Waals surface area contributed by atoms with Crippen LogP contribution in [0, 0.1) is 6.92 Å². The summed E-state index contributed by atoms with van der Waals surface area (Å²) in [7, 11) is 0. The molecular formula is C16H24N2O2. The Kier molecular flexibility index (Phi) is 5.56. The lowest BCUT2D eigenvalue weighted by Gasteiger charge is -2.23. The van der Waals surface area contributed by atoms with Crippen LogP contribution in [0.1, 0.15) is 36.9 Å². The van der Waals surface area contributed by atoms with Crippen molar-refractivity contribution in [2.75, 3.05) is 19.7 Å². The maximum Gasteiger partial charge on any atom is 0.246 e. The molecule has 1 unspecified atom stereocenters. The van der Waals surface area contributed by atoms with Gasteiger partial charge in [-0.15, -0.1) is 0 Å². The molecule has 1 saturated heterocycles. The van der Waals surface area contributed by atoms with E-state index in [1.54, 1.807) is 0 Å². The van der Waals surface area contributed by atoms with Gasteiger partial charge in [0.25, 0.3) is 0 Å². The molecule has 1 heterocycles. The van der Waals surface area contributed by atoms with E-state index in [-0.39, 0.29) is 24.7 Å². The van der Waals surface area contributed by atoms with Gasteiger partial charge in [-0.1, -0.05) is 29.8 Å². The average Bonchev–Trinajstić information content (AvgIpc) is 2.47. The van der Waals surface area contributed by atoms with Crippen molar-refractivity contribution in [3.63, 3.8) is 0 Å². The number of hydrogen-bond acceptors (Lipinski definition) is 3. The molecule has 1 aliphatic heterocycles. The van der Waals surface area contributed by atoms with Crippen molar-refractivity contribution >= 4 is 5.91 Å². The number of ether oxygens (including phenoxy) is 1. The highest BCUT2D eigenvalue weighted by atomic mass is 16.5. The Hall–Kier alpha value is -1.39. The molecule has 2 rings (SSSR count). The van der Waals surface area contributed by atoms with Crippen molar-refractivity contribution in [3.8, 4) is 0 Å². The number of aryl methyl sites for hydroxylation is 1. The Balaban J connectivity index is 1.74. The van der Waals surface area contributed by atoms with Gasteiger partial charge in [0.1, 0.15) is 6.61 Å². The molecular weight excluding hydrogens is 252 g/mol. The molecule has 110 valence electrons. The van der Waals surface area contributed by atoms with Crippen LogP contribution in [0.25, 0.3) is 0 Å². The van der Waals surface area contributed by atoms with Gasteiger partial charge < -0.3 is 15.4 Å². The Morgan fingerprint density at radius 1 is 1.35 bits per heavy atom. The van der Waals surface area contributed by atoms with Gasteiger partial charge in [0.2, 0.25) is 5.91 Å². The van der Waals surface area contributed by atoms with Gasteiger partial charge >= 0.3 is 0 Å². The van der Waals surface area contributed by atoms with Gasteiger partial charge in [-0.25, -0.2) is 0 Å². The summed E-state index contributed by atoms with van der Waals surface area (Å²) in [4.78, 5) is 11.9. The molecule has 0 bridgehead atoms. The first-order valence-corrected chi connectivity index (χ1v) is 7.33. The Labute approximate surface area is 120 Å². The number of hydrogen-bond donors (Lipinski definition) is 2. The van der Waals surface area contributed by atoms with E-state index in [1.807, 2.05) is 19.1 Å². The topological polar surface area (TPSA) is 50.4 Å². The molecule has 1 aliphatic rings. The molecule has 4 heteroatoms. The van der Waals surface area contributed by atoms with Crippen molar-refractivity contribution < 1.29 is 9.53 Å². The van der Waals surface area contributed by atoms with Crippen LogP contribution in [0.2, 0.25) is 0 Å². The molecule has 20 heavy (non-hydrogen) atoms. The zero-order valence-corrected chi connectivity index (χ0v) is 12.3. The van der Waals surface area contributed by atoms with E-state index in [2.05, 4.69) is 29.7 Å². The van der Waals surface area contributed by atoms with Crippen molar-refractivity contribution in [3.05, 3.63) is 35.4 Å². The van der Waals surface area contributed by atoms with Crippen molar-refractivity contribution in [1.29, 1.82) is 0 Å². The van der Waals surface area contributed by atoms with E-state index >= 15 is 0 Å². The second-order valence-corrected chi connectivity index (χ2v) is 5.46. The number of amides is 1. The molecule has 0 aromatic heterocycles. The second kappa shape index (κ2) is 7.41. The number of carbonyl (C=O) groups excluding carboxylic acids is 1. The Bertz CT molecular complexity index is 425. The predicted molar refractivity (Wildman–Crippen MR) is 79.6 cm³/mol. The molecule has 1 fully saturated rings. The SMILES string of the molecule is Cc1ccc(C(C)NC(=O)COC2CCNCC2)cc1. The van der Waals surface area contributed by atoms with E-state index in [0.29, 0.717) is 0 Å². The molecule has 0 aliphatic carbocycles. The summed E-state index contributed by atoms with van der Waals surface area (Å²) in [5.41, 5.74) is 2.34. The molecule has 1 amide bonds. The van der Waals surface area contributed by atoms with Gasteiger partial charge in [0, 0.05) is 0 Å². The second-order valence-electron chi connectivity index (χ2n) is 5.46. The quantitative estimate of drug-likeness (QED) is 0.864. The zero-order chi connectivity index (χ0) is 14.4. The van der Waals surface area contributed by atoms with Crippen LogP contribution in [0.15, 0.2) is 24.3 Å².